The normalized spacial score (nSPS) is 26.4. The van der Waals surface area contributed by atoms with E-state index in [0.717, 1.165) is 37.9 Å². The lowest BCUT2D eigenvalue weighted by molar-refractivity contribution is 0.0571. The summed E-state index contributed by atoms with van der Waals surface area (Å²) in [5.41, 5.74) is 8.59. The fraction of sp³-hybridized carbons (Fsp3) is 0.400. The number of fused-ring (bicyclic) bond motifs is 1. The zero-order valence-electron chi connectivity index (χ0n) is 14.0. The van der Waals surface area contributed by atoms with Gasteiger partial charge in [0.05, 0.1) is 6.04 Å². The first-order valence-electron chi connectivity index (χ1n) is 8.81. The summed E-state index contributed by atoms with van der Waals surface area (Å²) in [4.78, 5) is 2.41. The number of hydrogen-bond acceptors (Lipinski definition) is 3. The first-order valence-corrected chi connectivity index (χ1v) is 9.19. The van der Waals surface area contributed by atoms with Crippen molar-refractivity contribution in [2.45, 2.75) is 37.5 Å². The van der Waals surface area contributed by atoms with Crippen molar-refractivity contribution >= 4 is 11.6 Å². The Morgan fingerprint density at radius 1 is 1.20 bits per heavy atom. The molecule has 0 unspecified atom stereocenters. The summed E-state index contributed by atoms with van der Waals surface area (Å²) in [5, 5.41) is 0.371. The highest BCUT2D eigenvalue weighted by atomic mass is 35.5. The average molecular weight is 361 g/mol. The molecule has 3 atom stereocenters. The summed E-state index contributed by atoms with van der Waals surface area (Å²) < 4.78 is 20.4. The first kappa shape index (κ1) is 16.8. The van der Waals surface area contributed by atoms with E-state index in [1.807, 2.05) is 12.1 Å². The van der Waals surface area contributed by atoms with Gasteiger partial charge in [-0.25, -0.2) is 4.39 Å². The van der Waals surface area contributed by atoms with Crippen LogP contribution in [0.25, 0.3) is 0 Å². The fourth-order valence-electron chi connectivity index (χ4n) is 4.05. The SMILES string of the molecule is N[C@@H]1CCCN([C@@H]2Cc3ccccc3[C@H]2Oc2ccc(Cl)cc2F)C1. The molecule has 0 amide bonds. The minimum atomic E-state index is -0.425. The Kier molecular flexibility index (Phi) is 4.67. The van der Waals surface area contributed by atoms with E-state index < -0.39 is 5.82 Å². The molecule has 0 saturated carbocycles. The molecule has 1 aliphatic carbocycles. The predicted octanol–water partition coefficient (Wildman–Crippen LogP) is 3.95. The van der Waals surface area contributed by atoms with Crippen LogP contribution in [0.3, 0.4) is 0 Å². The molecule has 0 radical (unpaired) electrons. The van der Waals surface area contributed by atoms with Crippen molar-refractivity contribution in [1.82, 2.24) is 4.90 Å². The van der Waals surface area contributed by atoms with Crippen LogP contribution in [0, 0.1) is 5.82 Å². The molecule has 0 bridgehead atoms. The van der Waals surface area contributed by atoms with Gasteiger partial charge < -0.3 is 10.5 Å². The van der Waals surface area contributed by atoms with E-state index in [2.05, 4.69) is 17.0 Å². The molecule has 2 aromatic carbocycles. The van der Waals surface area contributed by atoms with E-state index in [9.17, 15) is 4.39 Å². The van der Waals surface area contributed by atoms with Crippen LogP contribution in [0.5, 0.6) is 5.75 Å². The minimum absolute atomic E-state index is 0.179. The van der Waals surface area contributed by atoms with Gasteiger partial charge in [-0.05, 0) is 55.1 Å². The van der Waals surface area contributed by atoms with Crippen molar-refractivity contribution in [3.8, 4) is 5.75 Å². The zero-order valence-corrected chi connectivity index (χ0v) is 14.8. The molecule has 1 aliphatic heterocycles. The van der Waals surface area contributed by atoms with Gasteiger partial charge in [0, 0.05) is 17.6 Å². The standard InChI is InChI=1S/C20H22ClFN2O/c21-14-7-8-19(17(22)11-14)25-20-16-6-2-1-4-13(16)10-18(20)24-9-3-5-15(23)12-24/h1-2,4,6-8,11,15,18,20H,3,5,9-10,12,23H2/t15-,18-,20-/m1/s1. The van der Waals surface area contributed by atoms with Gasteiger partial charge in [0.25, 0.3) is 0 Å². The van der Waals surface area contributed by atoms with E-state index in [-0.39, 0.29) is 23.9 Å². The van der Waals surface area contributed by atoms with Crippen LogP contribution >= 0.6 is 11.6 Å². The topological polar surface area (TPSA) is 38.5 Å². The predicted molar refractivity (Wildman–Crippen MR) is 97.5 cm³/mol. The Bertz CT molecular complexity index is 769. The minimum Gasteiger partial charge on any atom is -0.481 e. The maximum absolute atomic E-state index is 14.3. The van der Waals surface area contributed by atoms with E-state index in [1.54, 1.807) is 12.1 Å². The summed E-state index contributed by atoms with van der Waals surface area (Å²) in [6, 6.07) is 13.2. The van der Waals surface area contributed by atoms with Crippen molar-refractivity contribution < 1.29 is 9.13 Å². The fourth-order valence-corrected chi connectivity index (χ4v) is 4.21. The van der Waals surface area contributed by atoms with Crippen molar-refractivity contribution in [1.29, 1.82) is 0 Å². The summed E-state index contributed by atoms with van der Waals surface area (Å²) in [6.45, 7) is 1.87. The van der Waals surface area contributed by atoms with Crippen molar-refractivity contribution in [2.24, 2.45) is 5.73 Å². The van der Waals surface area contributed by atoms with Gasteiger partial charge in [-0.15, -0.1) is 0 Å². The molecule has 1 heterocycles. The van der Waals surface area contributed by atoms with E-state index in [1.165, 1.54) is 11.6 Å². The highest BCUT2D eigenvalue weighted by molar-refractivity contribution is 6.30. The number of benzene rings is 2. The number of hydrogen-bond donors (Lipinski definition) is 1. The third-order valence-corrected chi connectivity index (χ3v) is 5.48. The lowest BCUT2D eigenvalue weighted by Gasteiger charge is -2.38. The van der Waals surface area contributed by atoms with E-state index in [0.29, 0.717) is 5.02 Å². The van der Waals surface area contributed by atoms with Crippen LogP contribution < -0.4 is 10.5 Å². The molecule has 5 heteroatoms. The number of likely N-dealkylation sites (tertiary alicyclic amines) is 1. The number of rotatable bonds is 3. The van der Waals surface area contributed by atoms with Crippen LogP contribution in [-0.4, -0.2) is 30.1 Å². The lowest BCUT2D eigenvalue weighted by atomic mass is 10.0. The monoisotopic (exact) mass is 360 g/mol. The molecular formula is C20H22ClFN2O. The van der Waals surface area contributed by atoms with E-state index in [4.69, 9.17) is 22.1 Å². The van der Waals surface area contributed by atoms with Crippen LogP contribution in [0.2, 0.25) is 5.02 Å². The molecule has 2 N–H and O–H groups in total. The second-order valence-corrected chi connectivity index (χ2v) is 7.42. The molecule has 1 saturated heterocycles. The Hall–Kier alpha value is -1.62. The smallest absolute Gasteiger partial charge is 0.166 e. The molecule has 0 aromatic heterocycles. The molecule has 132 valence electrons. The second kappa shape index (κ2) is 6.94. The molecular weight excluding hydrogens is 339 g/mol. The number of halogens is 2. The van der Waals surface area contributed by atoms with Crippen molar-refractivity contribution in [3.05, 3.63) is 64.4 Å². The Balaban J connectivity index is 1.65. The molecule has 4 rings (SSSR count). The van der Waals surface area contributed by atoms with Crippen LogP contribution in [-0.2, 0) is 6.42 Å². The van der Waals surface area contributed by atoms with Gasteiger partial charge in [0.1, 0.15) is 6.10 Å². The van der Waals surface area contributed by atoms with Gasteiger partial charge in [-0.2, -0.15) is 0 Å². The quantitative estimate of drug-likeness (QED) is 0.900. The zero-order chi connectivity index (χ0) is 17.4. The Labute approximate surface area is 152 Å². The highest BCUT2D eigenvalue weighted by Gasteiger charge is 2.39. The van der Waals surface area contributed by atoms with Crippen molar-refractivity contribution in [3.63, 3.8) is 0 Å². The largest absolute Gasteiger partial charge is 0.481 e. The van der Waals surface area contributed by atoms with Gasteiger partial charge in [0.15, 0.2) is 11.6 Å². The third kappa shape index (κ3) is 3.39. The van der Waals surface area contributed by atoms with Crippen molar-refractivity contribution in [2.75, 3.05) is 13.1 Å². The maximum Gasteiger partial charge on any atom is 0.166 e. The van der Waals surface area contributed by atoms with Gasteiger partial charge >= 0.3 is 0 Å². The molecule has 2 aliphatic rings. The molecule has 0 spiro atoms. The summed E-state index contributed by atoms with van der Waals surface area (Å²) in [7, 11) is 0. The van der Waals surface area contributed by atoms with Gasteiger partial charge in [-0.3, -0.25) is 4.90 Å². The van der Waals surface area contributed by atoms with Gasteiger partial charge in [-0.1, -0.05) is 35.9 Å². The number of nitrogens with two attached hydrogens (primary N) is 1. The van der Waals surface area contributed by atoms with Crippen LogP contribution in [0.1, 0.15) is 30.1 Å². The summed E-state index contributed by atoms with van der Waals surface area (Å²) in [5.74, 6) is -0.177. The first-order chi connectivity index (χ1) is 12.1. The molecule has 3 nitrogen and oxygen atoms in total. The van der Waals surface area contributed by atoms with Gasteiger partial charge in [0.2, 0.25) is 0 Å². The number of ether oxygens (including phenoxy) is 1. The Morgan fingerprint density at radius 2 is 2.04 bits per heavy atom. The second-order valence-electron chi connectivity index (χ2n) is 6.98. The average Bonchev–Trinajstić information content (AvgIpc) is 2.96. The molecule has 1 fully saturated rings. The molecule has 25 heavy (non-hydrogen) atoms. The highest BCUT2D eigenvalue weighted by Crippen LogP contribution is 2.39. The number of piperidine rings is 1. The maximum atomic E-state index is 14.3. The summed E-state index contributed by atoms with van der Waals surface area (Å²) in [6.07, 6.45) is 2.86. The van der Waals surface area contributed by atoms with Crippen LogP contribution in [0.4, 0.5) is 4.39 Å². The van der Waals surface area contributed by atoms with Crippen LogP contribution in [0.15, 0.2) is 42.5 Å². The Morgan fingerprint density at radius 3 is 2.84 bits per heavy atom. The molecule has 2 aromatic rings. The number of nitrogens with zero attached hydrogens (tertiary/aromatic N) is 1. The lowest BCUT2D eigenvalue weighted by Crippen LogP contribution is -2.49. The summed E-state index contributed by atoms with van der Waals surface area (Å²) >= 11 is 5.86. The van der Waals surface area contributed by atoms with E-state index >= 15 is 0 Å². The third-order valence-electron chi connectivity index (χ3n) is 5.25.